The largest absolute Gasteiger partial charge is 0.292 e. The van der Waals surface area contributed by atoms with Gasteiger partial charge in [-0.2, -0.15) is 0 Å². The van der Waals surface area contributed by atoms with Gasteiger partial charge in [-0.25, -0.2) is 4.98 Å². The Labute approximate surface area is 445 Å². The van der Waals surface area contributed by atoms with Crippen molar-refractivity contribution in [3.63, 3.8) is 0 Å². The average Bonchev–Trinajstić information content (AvgIpc) is 4.00. The summed E-state index contributed by atoms with van der Waals surface area (Å²) in [4.78, 5) is 5.29. The van der Waals surface area contributed by atoms with Crippen molar-refractivity contribution in [2.45, 2.75) is 0 Å². The summed E-state index contributed by atoms with van der Waals surface area (Å²) in [6.07, 6.45) is 0. The number of hydrogen-bond acceptors (Lipinski definition) is 1. The van der Waals surface area contributed by atoms with E-state index in [0.29, 0.717) is 0 Å². The van der Waals surface area contributed by atoms with E-state index in [1.54, 1.807) is 0 Å². The normalized spacial score (nSPS) is 11.9. The van der Waals surface area contributed by atoms with Crippen molar-refractivity contribution in [3.05, 3.63) is 279 Å². The van der Waals surface area contributed by atoms with Gasteiger partial charge in [0, 0.05) is 10.9 Å². The first-order valence-electron chi connectivity index (χ1n) is 26.6. The van der Waals surface area contributed by atoms with Gasteiger partial charge in [0.05, 0.1) is 16.7 Å². The Morgan fingerprint density at radius 3 is 1.12 bits per heavy atom. The van der Waals surface area contributed by atoms with Gasteiger partial charge >= 0.3 is 0 Å². The predicted molar refractivity (Wildman–Crippen MR) is 328 cm³/mol. The summed E-state index contributed by atoms with van der Waals surface area (Å²) in [7, 11) is 0. The van der Waals surface area contributed by atoms with Crippen molar-refractivity contribution in [3.8, 4) is 61.6 Å². The summed E-state index contributed by atoms with van der Waals surface area (Å²) in [6.45, 7) is 0. The number of rotatable bonds is 6. The highest BCUT2D eigenvalue weighted by molar-refractivity contribution is 6.25. The van der Waals surface area contributed by atoms with Gasteiger partial charge in [-0.15, -0.1) is 0 Å². The van der Waals surface area contributed by atoms with Crippen molar-refractivity contribution < 1.29 is 0 Å². The Kier molecular flexibility index (Phi) is 9.67. The molecule has 356 valence electrons. The third-order valence-corrected chi connectivity index (χ3v) is 16.3. The molecule has 0 aliphatic heterocycles. The van der Waals surface area contributed by atoms with Gasteiger partial charge in [0.25, 0.3) is 0 Å². The average molecular weight is 975 g/mol. The number of nitrogens with zero attached hydrogens (tertiary/aromatic N) is 2. The van der Waals surface area contributed by atoms with Crippen LogP contribution in [0.2, 0.25) is 0 Å². The lowest BCUT2D eigenvalue weighted by molar-refractivity contribution is 1.12. The summed E-state index contributed by atoms with van der Waals surface area (Å²) < 4.78 is 2.33. The first-order chi connectivity index (χ1) is 38.2. The van der Waals surface area contributed by atoms with E-state index in [4.69, 9.17) is 4.98 Å². The minimum atomic E-state index is 0.928. The van der Waals surface area contributed by atoms with E-state index in [9.17, 15) is 0 Å². The fourth-order valence-corrected chi connectivity index (χ4v) is 12.8. The van der Waals surface area contributed by atoms with E-state index >= 15 is 0 Å². The van der Waals surface area contributed by atoms with Crippen molar-refractivity contribution in [2.24, 2.45) is 0 Å². The quantitative estimate of drug-likeness (QED) is 0.152. The summed E-state index contributed by atoms with van der Waals surface area (Å²) in [5.41, 5.74) is 14.1. The zero-order valence-corrected chi connectivity index (χ0v) is 42.0. The lowest BCUT2D eigenvalue weighted by Crippen LogP contribution is -1.98. The first kappa shape index (κ1) is 43.3. The topological polar surface area (TPSA) is 17.8 Å². The third kappa shape index (κ3) is 6.86. The smallest absolute Gasteiger partial charge is 0.145 e. The predicted octanol–water partition coefficient (Wildman–Crippen LogP) is 20.6. The first-order valence-corrected chi connectivity index (χ1v) is 26.6. The van der Waals surface area contributed by atoms with Crippen molar-refractivity contribution in [2.75, 3.05) is 0 Å². The van der Waals surface area contributed by atoms with Crippen molar-refractivity contribution in [1.82, 2.24) is 9.55 Å². The molecule has 15 aromatic carbocycles. The Bertz CT molecular complexity index is 5050. The number of imidazole rings is 1. The van der Waals surface area contributed by atoms with Gasteiger partial charge in [0.2, 0.25) is 0 Å². The lowest BCUT2D eigenvalue weighted by Gasteiger charge is -2.21. The molecule has 0 saturated heterocycles. The molecule has 0 radical (unpaired) electrons. The number of aromatic nitrogens is 2. The highest BCUT2D eigenvalue weighted by Gasteiger charge is 2.22. The molecule has 2 nitrogen and oxygen atoms in total. The molecule has 0 spiro atoms. The summed E-state index contributed by atoms with van der Waals surface area (Å²) in [5.74, 6) is 0.928. The molecule has 0 bridgehead atoms. The summed E-state index contributed by atoms with van der Waals surface area (Å²) in [6, 6.07) is 103. The molecule has 0 aliphatic carbocycles. The molecule has 0 saturated carbocycles. The van der Waals surface area contributed by atoms with E-state index < -0.39 is 0 Å². The molecule has 0 fully saturated rings. The zero-order valence-electron chi connectivity index (χ0n) is 42.0. The number of fused-ring (bicyclic) bond motifs is 9. The Hall–Kier alpha value is -10.2. The Morgan fingerprint density at radius 1 is 0.221 bits per heavy atom. The molecule has 77 heavy (non-hydrogen) atoms. The van der Waals surface area contributed by atoms with Crippen LogP contribution in [-0.2, 0) is 0 Å². The second-order valence-corrected chi connectivity index (χ2v) is 20.6. The van der Waals surface area contributed by atoms with Crippen molar-refractivity contribution >= 4 is 97.2 Å². The van der Waals surface area contributed by atoms with E-state index in [-0.39, 0.29) is 0 Å². The van der Waals surface area contributed by atoms with Gasteiger partial charge in [0.1, 0.15) is 5.82 Å². The van der Waals surface area contributed by atoms with Crippen LogP contribution in [0.1, 0.15) is 0 Å². The maximum absolute atomic E-state index is 5.29. The van der Waals surface area contributed by atoms with Crippen LogP contribution in [0.25, 0.3) is 159 Å². The molecule has 0 unspecified atom stereocenters. The lowest BCUT2D eigenvalue weighted by atomic mass is 9.82. The van der Waals surface area contributed by atoms with Gasteiger partial charge < -0.3 is 0 Å². The third-order valence-electron chi connectivity index (χ3n) is 16.3. The number of hydrogen-bond donors (Lipinski definition) is 0. The van der Waals surface area contributed by atoms with Crippen molar-refractivity contribution in [1.29, 1.82) is 0 Å². The molecule has 0 aliphatic rings. The maximum Gasteiger partial charge on any atom is 0.145 e. The Balaban J connectivity index is 0.891. The monoisotopic (exact) mass is 974 g/mol. The van der Waals surface area contributed by atoms with Crippen LogP contribution in [0.15, 0.2) is 279 Å². The fourth-order valence-electron chi connectivity index (χ4n) is 12.8. The van der Waals surface area contributed by atoms with Gasteiger partial charge in [-0.1, -0.05) is 231 Å². The highest BCUT2D eigenvalue weighted by atomic mass is 15.1. The molecule has 0 amide bonds. The van der Waals surface area contributed by atoms with Crippen LogP contribution < -0.4 is 0 Å². The second kappa shape index (κ2) is 17.2. The molecular formula is C75H46N2. The van der Waals surface area contributed by atoms with Gasteiger partial charge in [0.15, 0.2) is 0 Å². The van der Waals surface area contributed by atoms with Crippen LogP contribution in [0.4, 0.5) is 0 Å². The van der Waals surface area contributed by atoms with Gasteiger partial charge in [-0.3, -0.25) is 4.57 Å². The summed E-state index contributed by atoms with van der Waals surface area (Å²) in [5, 5.41) is 19.6. The number of benzene rings is 15. The Morgan fingerprint density at radius 2 is 0.571 bits per heavy atom. The molecular weight excluding hydrogens is 929 g/mol. The molecule has 16 aromatic rings. The molecule has 1 aromatic heterocycles. The van der Waals surface area contributed by atoms with E-state index in [1.165, 1.54) is 131 Å². The van der Waals surface area contributed by atoms with E-state index in [2.05, 4.69) is 284 Å². The highest BCUT2D eigenvalue weighted by Crippen LogP contribution is 2.49. The van der Waals surface area contributed by atoms with Crippen LogP contribution in [0.3, 0.4) is 0 Å². The minimum absolute atomic E-state index is 0.928. The van der Waals surface area contributed by atoms with Crippen LogP contribution in [-0.4, -0.2) is 9.55 Å². The number of para-hydroxylation sites is 2. The van der Waals surface area contributed by atoms with E-state index in [1.807, 2.05) is 0 Å². The summed E-state index contributed by atoms with van der Waals surface area (Å²) >= 11 is 0. The SMILES string of the molecule is c1ccc2cc(-c3c4ccccc4c(-c4ccc5ccccc5c4)c4cc(-c5c6ccccc6c(-c6ccc7cc(-c8nc9ccccc9n8-c8cccc9ccccc89)ccc7c6)c6ccccc56)ccc34)ccc2c1. The standard InChI is InChI=1S/C75H46N2/c1-3-19-50-42-54(36-32-47(50)16-1)72-64-27-11-12-28-65(64)74(56-37-33-48-17-2-4-20-51(48)43-56)67-46-57(40-41-66(67)72)73-62-25-9-7-23-60(62)71(61-24-8-10-26-63(61)73)55-38-34-53-45-58(39-35-52(53)44-55)75-76-68-29-13-14-30-70(68)77(75)69-31-15-21-49-18-5-6-22-59(49)69/h1-46H. The minimum Gasteiger partial charge on any atom is -0.292 e. The fraction of sp³-hybridized carbons (Fsp3) is 0. The molecule has 0 N–H and O–H groups in total. The van der Waals surface area contributed by atoms with Crippen LogP contribution in [0.5, 0.6) is 0 Å². The van der Waals surface area contributed by atoms with Crippen LogP contribution in [0, 0.1) is 0 Å². The maximum atomic E-state index is 5.29. The molecule has 0 atom stereocenters. The van der Waals surface area contributed by atoms with E-state index in [0.717, 1.165) is 28.1 Å². The molecule has 16 rings (SSSR count). The zero-order chi connectivity index (χ0) is 50.6. The molecule has 1 heterocycles. The van der Waals surface area contributed by atoms with Crippen LogP contribution >= 0.6 is 0 Å². The molecule has 2 heteroatoms. The van der Waals surface area contributed by atoms with Gasteiger partial charge in [-0.05, 0) is 174 Å². The second-order valence-electron chi connectivity index (χ2n) is 20.6.